The summed E-state index contributed by atoms with van der Waals surface area (Å²) in [6.45, 7) is 0.400. The van der Waals surface area contributed by atoms with Crippen molar-refractivity contribution in [2.75, 3.05) is 0 Å². The number of aromatic nitrogens is 2. The minimum Gasteiger partial charge on any atom is -0.460 e. The lowest BCUT2D eigenvalue weighted by atomic mass is 10.1. The Morgan fingerprint density at radius 3 is 2.57 bits per heavy atom. The number of rotatable bonds is 5. The molecule has 114 valence electrons. The molecule has 0 aliphatic carbocycles. The number of nitrogens with zero attached hydrogens (tertiary/aromatic N) is 3. The smallest absolute Gasteiger partial charge is 0.297 e. The molecule has 2 aromatic carbocycles. The van der Waals surface area contributed by atoms with Gasteiger partial charge >= 0.3 is 0 Å². The van der Waals surface area contributed by atoms with Gasteiger partial charge in [0, 0.05) is 16.9 Å². The molecule has 1 atom stereocenters. The standard InChI is InChI=1S/C18H14BrN3O/c19-16-8-6-14(7-9-16)13-23-18-21-10-11-22(18)17(12-20)15-4-2-1-3-5-15/h1-11,17H,13H2. The third kappa shape index (κ3) is 3.61. The molecule has 1 heterocycles. The number of hydrogen-bond acceptors (Lipinski definition) is 3. The van der Waals surface area contributed by atoms with Gasteiger partial charge in [-0.1, -0.05) is 58.4 Å². The third-order valence-electron chi connectivity index (χ3n) is 3.43. The molecule has 0 saturated heterocycles. The Morgan fingerprint density at radius 1 is 1.13 bits per heavy atom. The van der Waals surface area contributed by atoms with Crippen molar-refractivity contribution in [2.45, 2.75) is 12.6 Å². The van der Waals surface area contributed by atoms with Gasteiger partial charge in [-0.05, 0) is 23.3 Å². The summed E-state index contributed by atoms with van der Waals surface area (Å²) >= 11 is 3.41. The first kappa shape index (κ1) is 15.3. The SMILES string of the molecule is N#CC(c1ccccc1)n1ccnc1OCc1ccc(Br)cc1. The molecule has 23 heavy (non-hydrogen) atoms. The number of nitriles is 1. The van der Waals surface area contributed by atoms with Crippen LogP contribution in [0.5, 0.6) is 6.01 Å². The summed E-state index contributed by atoms with van der Waals surface area (Å²) < 4.78 is 8.56. The molecule has 0 bridgehead atoms. The first-order chi connectivity index (χ1) is 11.3. The maximum Gasteiger partial charge on any atom is 0.297 e. The van der Waals surface area contributed by atoms with Crippen LogP contribution in [0.15, 0.2) is 71.5 Å². The first-order valence-corrected chi connectivity index (χ1v) is 7.92. The van der Waals surface area contributed by atoms with E-state index in [1.54, 1.807) is 17.0 Å². The van der Waals surface area contributed by atoms with E-state index in [9.17, 15) is 5.26 Å². The van der Waals surface area contributed by atoms with E-state index >= 15 is 0 Å². The Morgan fingerprint density at radius 2 is 1.87 bits per heavy atom. The maximum atomic E-state index is 9.53. The summed E-state index contributed by atoms with van der Waals surface area (Å²) in [5.74, 6) is 0. The van der Waals surface area contributed by atoms with Crippen LogP contribution in [0.25, 0.3) is 0 Å². The minimum atomic E-state index is -0.460. The lowest BCUT2D eigenvalue weighted by molar-refractivity contribution is 0.266. The second kappa shape index (κ2) is 7.12. The fourth-order valence-corrected chi connectivity index (χ4v) is 2.53. The number of ether oxygens (including phenoxy) is 1. The highest BCUT2D eigenvalue weighted by molar-refractivity contribution is 9.10. The van der Waals surface area contributed by atoms with Gasteiger partial charge in [0.15, 0.2) is 6.04 Å². The molecule has 0 N–H and O–H groups in total. The van der Waals surface area contributed by atoms with Crippen LogP contribution in [0.2, 0.25) is 0 Å². The van der Waals surface area contributed by atoms with Crippen molar-refractivity contribution in [3.05, 3.63) is 82.6 Å². The van der Waals surface area contributed by atoms with Crippen LogP contribution in [-0.4, -0.2) is 9.55 Å². The second-order valence-corrected chi connectivity index (χ2v) is 5.89. The fraction of sp³-hybridized carbons (Fsp3) is 0.111. The van der Waals surface area contributed by atoms with Crippen LogP contribution in [0.3, 0.4) is 0 Å². The van der Waals surface area contributed by atoms with Gasteiger partial charge in [0.05, 0.1) is 6.07 Å². The Balaban J connectivity index is 1.79. The lowest BCUT2D eigenvalue weighted by Crippen LogP contribution is -2.10. The number of imidazole rings is 1. The van der Waals surface area contributed by atoms with Gasteiger partial charge in [-0.2, -0.15) is 5.26 Å². The van der Waals surface area contributed by atoms with E-state index in [1.165, 1.54) is 0 Å². The van der Waals surface area contributed by atoms with Crippen LogP contribution in [0, 0.1) is 11.3 Å². The Hall–Kier alpha value is -2.58. The predicted octanol–water partition coefficient (Wildman–Crippen LogP) is 4.34. The van der Waals surface area contributed by atoms with Crippen molar-refractivity contribution in [3.8, 4) is 12.1 Å². The average molecular weight is 368 g/mol. The lowest BCUT2D eigenvalue weighted by Gasteiger charge is -2.14. The number of hydrogen-bond donors (Lipinski definition) is 0. The largest absolute Gasteiger partial charge is 0.460 e. The monoisotopic (exact) mass is 367 g/mol. The van der Waals surface area contributed by atoms with Crippen molar-refractivity contribution in [1.29, 1.82) is 5.26 Å². The van der Waals surface area contributed by atoms with Crippen molar-refractivity contribution >= 4 is 15.9 Å². The quantitative estimate of drug-likeness (QED) is 0.673. The summed E-state index contributed by atoms with van der Waals surface area (Å²) in [4.78, 5) is 4.22. The summed E-state index contributed by atoms with van der Waals surface area (Å²) in [5.41, 5.74) is 1.94. The van der Waals surface area contributed by atoms with Gasteiger partial charge in [-0.3, -0.25) is 4.57 Å². The van der Waals surface area contributed by atoms with Crippen molar-refractivity contribution in [3.63, 3.8) is 0 Å². The number of halogens is 1. The highest BCUT2D eigenvalue weighted by Crippen LogP contribution is 2.23. The molecule has 1 unspecified atom stereocenters. The molecule has 0 fully saturated rings. The second-order valence-electron chi connectivity index (χ2n) is 4.97. The molecule has 4 nitrogen and oxygen atoms in total. The Labute approximate surface area is 143 Å². The highest BCUT2D eigenvalue weighted by atomic mass is 79.9. The van der Waals surface area contributed by atoms with Gasteiger partial charge in [0.1, 0.15) is 6.61 Å². The van der Waals surface area contributed by atoms with Crippen LogP contribution in [0.1, 0.15) is 17.2 Å². The first-order valence-electron chi connectivity index (χ1n) is 7.12. The molecule has 0 radical (unpaired) electrons. The summed E-state index contributed by atoms with van der Waals surface area (Å²) in [6.07, 6.45) is 3.40. The van der Waals surface area contributed by atoms with Crippen molar-refractivity contribution < 1.29 is 4.74 Å². The summed E-state index contributed by atoms with van der Waals surface area (Å²) in [6, 6.07) is 19.8. The zero-order valence-corrected chi connectivity index (χ0v) is 13.8. The minimum absolute atomic E-state index is 0.400. The van der Waals surface area contributed by atoms with Crippen molar-refractivity contribution in [1.82, 2.24) is 9.55 Å². The molecule has 1 aromatic heterocycles. The molecule has 3 aromatic rings. The van der Waals surface area contributed by atoms with E-state index in [1.807, 2.05) is 54.6 Å². The fourth-order valence-electron chi connectivity index (χ4n) is 2.27. The zero-order chi connectivity index (χ0) is 16.1. The molecular weight excluding hydrogens is 354 g/mol. The van der Waals surface area contributed by atoms with E-state index in [-0.39, 0.29) is 0 Å². The van der Waals surface area contributed by atoms with Gasteiger partial charge in [0.2, 0.25) is 0 Å². The molecule has 3 rings (SSSR count). The highest BCUT2D eigenvalue weighted by Gasteiger charge is 2.17. The zero-order valence-electron chi connectivity index (χ0n) is 12.3. The molecule has 0 spiro atoms. The summed E-state index contributed by atoms with van der Waals surface area (Å²) in [7, 11) is 0. The molecule has 0 saturated carbocycles. The Bertz CT molecular complexity index is 806. The molecular formula is C18H14BrN3O. The van der Waals surface area contributed by atoms with E-state index in [4.69, 9.17) is 4.74 Å². The normalized spacial score (nSPS) is 11.7. The number of benzene rings is 2. The molecule has 0 aliphatic heterocycles. The van der Waals surface area contributed by atoms with Gasteiger partial charge in [0.25, 0.3) is 6.01 Å². The van der Waals surface area contributed by atoms with Crippen LogP contribution < -0.4 is 4.74 Å². The predicted molar refractivity (Wildman–Crippen MR) is 90.9 cm³/mol. The van der Waals surface area contributed by atoms with E-state index < -0.39 is 6.04 Å². The maximum absolute atomic E-state index is 9.53. The molecule has 5 heteroatoms. The van der Waals surface area contributed by atoms with E-state index in [2.05, 4.69) is 27.0 Å². The topological polar surface area (TPSA) is 50.8 Å². The third-order valence-corrected chi connectivity index (χ3v) is 3.96. The van der Waals surface area contributed by atoms with Gasteiger partial charge < -0.3 is 4.74 Å². The van der Waals surface area contributed by atoms with Crippen molar-refractivity contribution in [2.24, 2.45) is 0 Å². The molecule has 0 amide bonds. The Kier molecular flexibility index (Phi) is 4.74. The van der Waals surface area contributed by atoms with E-state index in [0.717, 1.165) is 15.6 Å². The van der Waals surface area contributed by atoms with Crippen LogP contribution in [-0.2, 0) is 6.61 Å². The van der Waals surface area contributed by atoms with E-state index in [0.29, 0.717) is 12.6 Å². The average Bonchev–Trinajstić information content (AvgIpc) is 3.04. The van der Waals surface area contributed by atoms with Crippen LogP contribution in [0.4, 0.5) is 0 Å². The molecule has 0 aliphatic rings. The van der Waals surface area contributed by atoms with Gasteiger partial charge in [-0.25, -0.2) is 4.98 Å². The van der Waals surface area contributed by atoms with Gasteiger partial charge in [-0.15, -0.1) is 0 Å². The van der Waals surface area contributed by atoms with Crippen LogP contribution >= 0.6 is 15.9 Å². The summed E-state index contributed by atoms with van der Waals surface area (Å²) in [5, 5.41) is 9.53.